The molecular formula is C23H21ClF2N2O2. The van der Waals surface area contributed by atoms with Crippen LogP contribution in [-0.4, -0.2) is 24.8 Å². The highest BCUT2D eigenvalue weighted by Crippen LogP contribution is 2.33. The Balaban J connectivity index is 1.62. The van der Waals surface area contributed by atoms with Gasteiger partial charge in [-0.3, -0.25) is 4.99 Å². The van der Waals surface area contributed by atoms with Gasteiger partial charge in [0.15, 0.2) is 11.5 Å². The number of benzene rings is 2. The van der Waals surface area contributed by atoms with Gasteiger partial charge in [0, 0.05) is 40.5 Å². The first kappa shape index (κ1) is 20.4. The second-order valence-electron chi connectivity index (χ2n) is 6.93. The number of aromatic nitrogens is 1. The summed E-state index contributed by atoms with van der Waals surface area (Å²) in [5.74, 6) is 0.462. The van der Waals surface area contributed by atoms with Crippen molar-refractivity contribution in [2.24, 2.45) is 4.99 Å². The van der Waals surface area contributed by atoms with Crippen molar-refractivity contribution in [2.45, 2.75) is 19.4 Å². The molecule has 4 rings (SSSR count). The summed E-state index contributed by atoms with van der Waals surface area (Å²) in [6.45, 7) is 0.0776. The number of fused-ring (bicyclic) bond motifs is 1. The molecule has 2 heterocycles. The van der Waals surface area contributed by atoms with E-state index in [0.29, 0.717) is 28.5 Å². The molecule has 0 fully saturated rings. The molecule has 0 atom stereocenters. The molecule has 0 unspecified atom stereocenters. The molecule has 0 spiro atoms. The normalized spacial score (nSPS) is 12.6. The Morgan fingerprint density at radius 1 is 1.10 bits per heavy atom. The largest absolute Gasteiger partial charge is 0.487 e. The maximum atomic E-state index is 14.1. The lowest BCUT2D eigenvalue weighted by Crippen LogP contribution is -2.28. The molecule has 0 bridgehead atoms. The van der Waals surface area contributed by atoms with Crippen molar-refractivity contribution in [1.82, 2.24) is 4.98 Å². The van der Waals surface area contributed by atoms with Crippen LogP contribution in [0.4, 0.5) is 8.78 Å². The number of rotatable bonds is 8. The molecule has 1 aliphatic heterocycles. The minimum Gasteiger partial charge on any atom is -0.487 e. The van der Waals surface area contributed by atoms with Crippen molar-refractivity contribution in [3.05, 3.63) is 80.8 Å². The molecule has 2 aromatic carbocycles. The van der Waals surface area contributed by atoms with Gasteiger partial charge in [-0.05, 0) is 30.2 Å². The molecule has 0 saturated carbocycles. The van der Waals surface area contributed by atoms with Crippen LogP contribution in [0, 0.1) is 5.82 Å². The fraction of sp³-hybridized carbons (Fsp3) is 0.261. The van der Waals surface area contributed by atoms with Gasteiger partial charge in [0.25, 0.3) is 0 Å². The summed E-state index contributed by atoms with van der Waals surface area (Å²) in [5.41, 5.74) is 3.20. The second kappa shape index (κ2) is 9.30. The summed E-state index contributed by atoms with van der Waals surface area (Å²) in [4.78, 5) is 7.68. The number of para-hydroxylation sites is 1. The van der Waals surface area contributed by atoms with Crippen LogP contribution in [0.2, 0.25) is 5.02 Å². The van der Waals surface area contributed by atoms with Crippen LogP contribution in [0.5, 0.6) is 11.5 Å². The van der Waals surface area contributed by atoms with Gasteiger partial charge in [0.2, 0.25) is 0 Å². The summed E-state index contributed by atoms with van der Waals surface area (Å²) in [6.07, 6.45) is 5.58. The summed E-state index contributed by atoms with van der Waals surface area (Å²) < 4.78 is 38.5. The second-order valence-corrected chi connectivity index (χ2v) is 7.37. The Hall–Kier alpha value is -2.86. The third-order valence-electron chi connectivity index (χ3n) is 4.89. The van der Waals surface area contributed by atoms with Crippen molar-refractivity contribution in [3.63, 3.8) is 0 Å². The average Bonchev–Trinajstić information content (AvgIpc) is 3.15. The standard InChI is InChI=1S/C23H21ClF2N2O2/c24-18-7-6-16(20(26)12-18)14-30-21-5-1-3-15(22(21)29-10-8-25)11-17-13-28-23-19(17)4-2-9-27-23/h1,3-7,12-13H,2,8-11,14H2,(H,27,28). The summed E-state index contributed by atoms with van der Waals surface area (Å²) in [7, 11) is 0. The first-order valence-electron chi connectivity index (χ1n) is 9.74. The van der Waals surface area contributed by atoms with E-state index in [1.807, 2.05) is 18.3 Å². The maximum Gasteiger partial charge on any atom is 0.164 e. The Bertz CT molecular complexity index is 1160. The van der Waals surface area contributed by atoms with E-state index in [-0.39, 0.29) is 13.2 Å². The zero-order valence-electron chi connectivity index (χ0n) is 16.3. The minimum absolute atomic E-state index is 0.00461. The van der Waals surface area contributed by atoms with E-state index in [4.69, 9.17) is 21.1 Å². The van der Waals surface area contributed by atoms with Gasteiger partial charge in [0.1, 0.15) is 31.2 Å². The van der Waals surface area contributed by atoms with Crippen LogP contribution in [0.15, 0.2) is 47.6 Å². The van der Waals surface area contributed by atoms with E-state index >= 15 is 0 Å². The number of halogens is 3. The smallest absolute Gasteiger partial charge is 0.164 e. The predicted octanol–water partition coefficient (Wildman–Crippen LogP) is 4.13. The Labute approximate surface area is 177 Å². The van der Waals surface area contributed by atoms with E-state index in [1.54, 1.807) is 18.2 Å². The zero-order valence-corrected chi connectivity index (χ0v) is 17.0. The highest BCUT2D eigenvalue weighted by molar-refractivity contribution is 6.30. The van der Waals surface area contributed by atoms with Gasteiger partial charge >= 0.3 is 0 Å². The number of aromatic amines is 1. The van der Waals surface area contributed by atoms with Gasteiger partial charge in [-0.1, -0.05) is 35.9 Å². The fourth-order valence-electron chi connectivity index (χ4n) is 3.47. The number of hydrogen-bond donors (Lipinski definition) is 1. The Kier molecular flexibility index (Phi) is 6.33. The Morgan fingerprint density at radius 3 is 2.83 bits per heavy atom. The number of nitrogens with zero attached hydrogens (tertiary/aromatic N) is 1. The van der Waals surface area contributed by atoms with Crippen LogP contribution in [0.1, 0.15) is 23.1 Å². The number of H-pyrrole nitrogens is 1. The molecule has 0 radical (unpaired) electrons. The minimum atomic E-state index is -0.619. The lowest BCUT2D eigenvalue weighted by Gasteiger charge is -2.16. The van der Waals surface area contributed by atoms with E-state index < -0.39 is 12.5 Å². The SMILES string of the molecule is FCCOc1c(Cc2c[nH]c3c2=CCCN=3)cccc1OCc1ccc(Cl)cc1F. The molecule has 1 N–H and O–H groups in total. The molecule has 0 saturated heterocycles. The van der Waals surface area contributed by atoms with E-state index in [0.717, 1.165) is 34.8 Å². The van der Waals surface area contributed by atoms with Crippen LogP contribution >= 0.6 is 11.6 Å². The highest BCUT2D eigenvalue weighted by atomic mass is 35.5. The number of alkyl halides is 1. The quantitative estimate of drug-likeness (QED) is 0.584. The monoisotopic (exact) mass is 430 g/mol. The molecule has 3 aromatic rings. The van der Waals surface area contributed by atoms with Gasteiger partial charge in [-0.15, -0.1) is 0 Å². The topological polar surface area (TPSA) is 46.6 Å². The maximum absolute atomic E-state index is 14.1. The number of nitrogens with one attached hydrogen (secondary N) is 1. The molecule has 1 aliphatic rings. The van der Waals surface area contributed by atoms with E-state index in [9.17, 15) is 8.78 Å². The average molecular weight is 431 g/mol. The van der Waals surface area contributed by atoms with Crippen LogP contribution < -0.4 is 20.2 Å². The van der Waals surface area contributed by atoms with Gasteiger partial charge in [-0.2, -0.15) is 0 Å². The molecule has 4 nitrogen and oxygen atoms in total. The molecule has 7 heteroatoms. The number of hydrogen-bond acceptors (Lipinski definition) is 3. The summed E-state index contributed by atoms with van der Waals surface area (Å²) in [6, 6.07) is 9.93. The zero-order chi connectivity index (χ0) is 20.9. The fourth-order valence-corrected chi connectivity index (χ4v) is 3.63. The van der Waals surface area contributed by atoms with Crippen molar-refractivity contribution < 1.29 is 18.3 Å². The highest BCUT2D eigenvalue weighted by Gasteiger charge is 2.15. The third kappa shape index (κ3) is 4.49. The van der Waals surface area contributed by atoms with E-state index in [1.165, 1.54) is 6.07 Å². The third-order valence-corrected chi connectivity index (χ3v) is 5.13. The molecule has 30 heavy (non-hydrogen) atoms. The molecule has 0 aliphatic carbocycles. The Morgan fingerprint density at radius 2 is 2.00 bits per heavy atom. The van der Waals surface area contributed by atoms with Crippen LogP contribution in [0.25, 0.3) is 6.08 Å². The van der Waals surface area contributed by atoms with Crippen molar-refractivity contribution in [1.29, 1.82) is 0 Å². The van der Waals surface area contributed by atoms with Gasteiger partial charge in [0.05, 0.1) is 0 Å². The summed E-state index contributed by atoms with van der Waals surface area (Å²) in [5, 5.41) is 1.41. The first-order valence-corrected chi connectivity index (χ1v) is 10.1. The lowest BCUT2D eigenvalue weighted by molar-refractivity contribution is 0.240. The van der Waals surface area contributed by atoms with Crippen LogP contribution in [-0.2, 0) is 13.0 Å². The van der Waals surface area contributed by atoms with Crippen molar-refractivity contribution in [2.75, 3.05) is 19.8 Å². The van der Waals surface area contributed by atoms with Crippen molar-refractivity contribution >= 4 is 17.7 Å². The van der Waals surface area contributed by atoms with Gasteiger partial charge in [-0.25, -0.2) is 8.78 Å². The van der Waals surface area contributed by atoms with Crippen LogP contribution in [0.3, 0.4) is 0 Å². The van der Waals surface area contributed by atoms with Gasteiger partial charge < -0.3 is 14.5 Å². The number of ether oxygens (including phenoxy) is 2. The molecule has 0 amide bonds. The molecule has 1 aromatic heterocycles. The van der Waals surface area contributed by atoms with E-state index in [2.05, 4.69) is 16.1 Å². The molecule has 156 valence electrons. The lowest BCUT2D eigenvalue weighted by atomic mass is 10.0. The molecular weight excluding hydrogens is 410 g/mol. The first-order chi connectivity index (χ1) is 14.7. The predicted molar refractivity (Wildman–Crippen MR) is 112 cm³/mol. The van der Waals surface area contributed by atoms with Crippen molar-refractivity contribution in [3.8, 4) is 11.5 Å². The summed E-state index contributed by atoms with van der Waals surface area (Å²) >= 11 is 5.81.